The highest BCUT2D eigenvalue weighted by molar-refractivity contribution is 7.10. The highest BCUT2D eigenvalue weighted by Gasteiger charge is 2.34. The lowest BCUT2D eigenvalue weighted by Gasteiger charge is -2.10. The number of benzene rings is 2. The van der Waals surface area contributed by atoms with Crippen LogP contribution in [0.2, 0.25) is 10.0 Å². The van der Waals surface area contributed by atoms with Gasteiger partial charge in [0.1, 0.15) is 5.75 Å². The Balaban J connectivity index is 0.00000155. The standard InChI is InChI=1S/C18H11Cl2F3N2O2S.C2H6/c1-27-10-3-5-12(14(20)7-10)16(26)24-9-2-4-11(13(19)6-9)15-8-28-17(25-15)18(21,22)23;1-2/h2-8H,1H3,(H,24,26);1-2H3. The van der Waals surface area contributed by atoms with Crippen molar-refractivity contribution in [2.24, 2.45) is 0 Å². The number of rotatable bonds is 4. The van der Waals surface area contributed by atoms with E-state index < -0.39 is 17.1 Å². The molecule has 0 bridgehead atoms. The van der Waals surface area contributed by atoms with Crippen LogP contribution in [0.4, 0.5) is 18.9 Å². The van der Waals surface area contributed by atoms with E-state index in [0.717, 1.165) is 0 Å². The molecule has 1 aromatic heterocycles. The third kappa shape index (κ3) is 5.65. The van der Waals surface area contributed by atoms with E-state index in [2.05, 4.69) is 10.3 Å². The van der Waals surface area contributed by atoms with Crippen LogP contribution in [-0.4, -0.2) is 18.0 Å². The fourth-order valence-electron chi connectivity index (χ4n) is 2.33. The zero-order chi connectivity index (χ0) is 22.5. The molecule has 1 N–H and O–H groups in total. The monoisotopic (exact) mass is 476 g/mol. The van der Waals surface area contributed by atoms with Crippen LogP contribution < -0.4 is 10.1 Å². The van der Waals surface area contributed by atoms with Gasteiger partial charge in [0.2, 0.25) is 0 Å². The normalized spacial score (nSPS) is 10.8. The highest BCUT2D eigenvalue weighted by atomic mass is 35.5. The Hall–Kier alpha value is -2.29. The Bertz CT molecular complexity index is 1040. The molecule has 1 amide bonds. The molecule has 160 valence electrons. The van der Waals surface area contributed by atoms with Crippen LogP contribution in [-0.2, 0) is 6.18 Å². The summed E-state index contributed by atoms with van der Waals surface area (Å²) in [5.41, 5.74) is 1.03. The van der Waals surface area contributed by atoms with Crippen LogP contribution >= 0.6 is 34.5 Å². The minimum atomic E-state index is -4.51. The van der Waals surface area contributed by atoms with Crippen LogP contribution in [0.25, 0.3) is 11.3 Å². The first kappa shape index (κ1) is 24.0. The van der Waals surface area contributed by atoms with Gasteiger partial charge in [0, 0.05) is 16.6 Å². The molecule has 0 aliphatic carbocycles. The summed E-state index contributed by atoms with van der Waals surface area (Å²) in [5, 5.41) is 3.32. The number of thiazole rings is 1. The summed E-state index contributed by atoms with van der Waals surface area (Å²) in [5.74, 6) is 0.0416. The van der Waals surface area contributed by atoms with E-state index >= 15 is 0 Å². The lowest BCUT2D eigenvalue weighted by molar-refractivity contribution is -0.137. The van der Waals surface area contributed by atoms with E-state index in [-0.39, 0.29) is 21.3 Å². The van der Waals surface area contributed by atoms with E-state index in [0.29, 0.717) is 28.3 Å². The number of nitrogens with zero attached hydrogens (tertiary/aromatic N) is 1. The number of anilines is 1. The predicted octanol–water partition coefficient (Wildman–Crippen LogP) is 7.42. The van der Waals surface area contributed by atoms with Crippen LogP contribution in [0, 0.1) is 0 Å². The molecule has 3 aromatic rings. The number of methoxy groups -OCH3 is 1. The molecule has 0 saturated carbocycles. The van der Waals surface area contributed by atoms with E-state index in [1.54, 1.807) is 6.07 Å². The van der Waals surface area contributed by atoms with Gasteiger partial charge in [0.25, 0.3) is 5.91 Å². The van der Waals surface area contributed by atoms with E-state index in [1.165, 1.54) is 42.8 Å². The molecule has 3 rings (SSSR count). The van der Waals surface area contributed by atoms with Crippen LogP contribution in [0.3, 0.4) is 0 Å². The minimum absolute atomic E-state index is 0.110. The van der Waals surface area contributed by atoms with Gasteiger partial charge >= 0.3 is 6.18 Å². The number of halogens is 5. The zero-order valence-electron chi connectivity index (χ0n) is 16.1. The van der Waals surface area contributed by atoms with Crippen LogP contribution in [0.1, 0.15) is 29.2 Å². The Morgan fingerprint density at radius 1 is 1.10 bits per heavy atom. The number of carbonyl (C=O) groups is 1. The summed E-state index contributed by atoms with van der Waals surface area (Å²) in [7, 11) is 1.48. The molecule has 0 saturated heterocycles. The summed E-state index contributed by atoms with van der Waals surface area (Å²) in [6, 6.07) is 9.05. The SMILES string of the molecule is CC.COc1ccc(C(=O)Nc2ccc(-c3csc(C(F)(F)F)n3)c(Cl)c2)c(Cl)c1. The average Bonchev–Trinajstić information content (AvgIpc) is 3.20. The number of aromatic nitrogens is 1. The van der Waals surface area contributed by atoms with E-state index in [4.69, 9.17) is 27.9 Å². The molecular formula is C20H17Cl2F3N2O2S. The van der Waals surface area contributed by atoms with Gasteiger partial charge < -0.3 is 10.1 Å². The summed E-state index contributed by atoms with van der Waals surface area (Å²) in [4.78, 5) is 16.0. The molecule has 0 aliphatic rings. The fraction of sp³-hybridized carbons (Fsp3) is 0.200. The van der Waals surface area contributed by atoms with Gasteiger partial charge in [-0.2, -0.15) is 13.2 Å². The smallest absolute Gasteiger partial charge is 0.443 e. The maximum absolute atomic E-state index is 12.7. The van der Waals surface area contributed by atoms with Crippen LogP contribution in [0.15, 0.2) is 41.8 Å². The molecule has 1 heterocycles. The average molecular weight is 477 g/mol. The number of hydrogen-bond donors (Lipinski definition) is 1. The largest absolute Gasteiger partial charge is 0.497 e. The molecule has 2 aromatic carbocycles. The fourth-order valence-corrected chi connectivity index (χ4v) is 3.55. The van der Waals surface area contributed by atoms with E-state index in [1.807, 2.05) is 13.8 Å². The number of amides is 1. The molecule has 10 heteroatoms. The van der Waals surface area contributed by atoms with Gasteiger partial charge in [0.15, 0.2) is 5.01 Å². The Morgan fingerprint density at radius 3 is 2.33 bits per heavy atom. The number of carbonyl (C=O) groups excluding carboxylic acids is 1. The van der Waals surface area contributed by atoms with Gasteiger partial charge in [-0.05, 0) is 36.4 Å². The number of alkyl halides is 3. The molecule has 30 heavy (non-hydrogen) atoms. The summed E-state index contributed by atoms with van der Waals surface area (Å²) in [6.45, 7) is 4.00. The molecule has 0 spiro atoms. The van der Waals surface area contributed by atoms with E-state index in [9.17, 15) is 18.0 Å². The molecule has 0 unspecified atom stereocenters. The summed E-state index contributed by atoms with van der Waals surface area (Å²) < 4.78 is 43.2. The zero-order valence-corrected chi connectivity index (χ0v) is 18.4. The summed E-state index contributed by atoms with van der Waals surface area (Å²) >= 11 is 12.7. The molecule has 4 nitrogen and oxygen atoms in total. The van der Waals surface area contributed by atoms with Crippen molar-refractivity contribution in [1.29, 1.82) is 0 Å². The van der Waals surface area contributed by atoms with Crippen molar-refractivity contribution in [3.05, 3.63) is 62.4 Å². The first-order valence-electron chi connectivity index (χ1n) is 8.66. The van der Waals surface area contributed by atoms with Crippen molar-refractivity contribution < 1.29 is 22.7 Å². The third-order valence-electron chi connectivity index (χ3n) is 3.67. The van der Waals surface area contributed by atoms with Crippen molar-refractivity contribution in [1.82, 2.24) is 4.98 Å². The van der Waals surface area contributed by atoms with Gasteiger partial charge in [-0.15, -0.1) is 11.3 Å². The molecule has 0 fully saturated rings. The Morgan fingerprint density at radius 2 is 1.80 bits per heavy atom. The van der Waals surface area contributed by atoms with Gasteiger partial charge in [-0.25, -0.2) is 4.98 Å². The van der Waals surface area contributed by atoms with Crippen molar-refractivity contribution in [2.45, 2.75) is 20.0 Å². The Labute approximate surface area is 185 Å². The van der Waals surface area contributed by atoms with Crippen molar-refractivity contribution in [2.75, 3.05) is 12.4 Å². The second-order valence-corrected chi connectivity index (χ2v) is 7.20. The first-order valence-corrected chi connectivity index (χ1v) is 10.3. The van der Waals surface area contributed by atoms with Crippen LogP contribution in [0.5, 0.6) is 5.75 Å². The molecule has 0 atom stereocenters. The summed E-state index contributed by atoms with van der Waals surface area (Å²) in [6.07, 6.45) is -4.51. The molecule has 0 aliphatic heterocycles. The maximum Gasteiger partial charge on any atom is 0.443 e. The van der Waals surface area contributed by atoms with Crippen molar-refractivity contribution in [3.8, 4) is 17.0 Å². The molecule has 0 radical (unpaired) electrons. The topological polar surface area (TPSA) is 51.2 Å². The van der Waals surface area contributed by atoms with Gasteiger partial charge in [-0.1, -0.05) is 37.0 Å². The molecular weight excluding hydrogens is 460 g/mol. The third-order valence-corrected chi connectivity index (χ3v) is 5.18. The minimum Gasteiger partial charge on any atom is -0.497 e. The lowest BCUT2D eigenvalue weighted by atomic mass is 10.1. The number of ether oxygens (including phenoxy) is 1. The lowest BCUT2D eigenvalue weighted by Crippen LogP contribution is -2.12. The van der Waals surface area contributed by atoms with Gasteiger partial charge in [0.05, 0.1) is 28.4 Å². The quantitative estimate of drug-likeness (QED) is 0.425. The Kier molecular flexibility index (Phi) is 8.11. The maximum atomic E-state index is 12.7. The highest BCUT2D eigenvalue weighted by Crippen LogP contribution is 2.37. The second kappa shape index (κ2) is 10.1. The first-order chi connectivity index (χ1) is 14.2. The predicted molar refractivity (Wildman–Crippen MR) is 115 cm³/mol. The van der Waals surface area contributed by atoms with Crippen molar-refractivity contribution in [3.63, 3.8) is 0 Å². The van der Waals surface area contributed by atoms with Gasteiger partial charge in [-0.3, -0.25) is 4.79 Å². The van der Waals surface area contributed by atoms with Crippen molar-refractivity contribution >= 4 is 46.1 Å². The number of nitrogens with one attached hydrogen (secondary N) is 1. The number of hydrogen-bond acceptors (Lipinski definition) is 4. The second-order valence-electron chi connectivity index (χ2n) is 5.53.